The molecule has 0 bridgehead atoms. The Bertz CT molecular complexity index is 963. The second kappa shape index (κ2) is 7.05. The molecule has 0 radical (unpaired) electrons. The monoisotopic (exact) mass is 402 g/mol. The third kappa shape index (κ3) is 3.89. The van der Waals surface area contributed by atoms with Crippen LogP contribution in [0.5, 0.6) is 0 Å². The van der Waals surface area contributed by atoms with Crippen molar-refractivity contribution in [2.24, 2.45) is 0 Å². The van der Waals surface area contributed by atoms with E-state index in [1.807, 2.05) is 30.3 Å². The van der Waals surface area contributed by atoms with Gasteiger partial charge in [-0.15, -0.1) is 0 Å². The van der Waals surface area contributed by atoms with Crippen LogP contribution in [-0.4, -0.2) is 29.8 Å². The number of thiocarbonyl (C=S) groups is 1. The van der Waals surface area contributed by atoms with Crippen molar-refractivity contribution < 1.29 is 13.2 Å². The number of benzene rings is 2. The van der Waals surface area contributed by atoms with Gasteiger partial charge in [0.15, 0.2) is 5.11 Å². The van der Waals surface area contributed by atoms with Gasteiger partial charge in [-0.1, -0.05) is 63.2 Å². The molecule has 1 N–H and O–H groups in total. The summed E-state index contributed by atoms with van der Waals surface area (Å²) in [5.41, 5.74) is 1.81. The maximum atomic E-state index is 13.2. The number of nitrogens with zero attached hydrogens (tertiary/aromatic N) is 1. The van der Waals surface area contributed by atoms with Crippen molar-refractivity contribution in [1.29, 1.82) is 0 Å². The summed E-state index contributed by atoms with van der Waals surface area (Å²) in [4.78, 5) is 12.5. The first-order chi connectivity index (χ1) is 12.6. The molecule has 1 fully saturated rings. The summed E-state index contributed by atoms with van der Waals surface area (Å²) in [6.07, 6.45) is 0.256. The van der Waals surface area contributed by atoms with Crippen LogP contribution in [0.4, 0.5) is 0 Å². The number of hydrogen-bond donors (Lipinski definition) is 1. The predicted octanol–water partition coefficient (Wildman–Crippen LogP) is 3.00. The van der Waals surface area contributed by atoms with Crippen LogP contribution in [-0.2, 0) is 26.7 Å². The summed E-state index contributed by atoms with van der Waals surface area (Å²) in [5, 5.41) is 2.41. The number of carbonyl (C=O) groups is 1. The maximum Gasteiger partial charge on any atom is 0.266 e. The molecular formula is C20H22N2O3S2. The number of amides is 1. The van der Waals surface area contributed by atoms with Crippen molar-refractivity contribution in [2.75, 3.05) is 0 Å². The van der Waals surface area contributed by atoms with Crippen LogP contribution in [0.2, 0.25) is 0 Å². The molecule has 1 amide bonds. The van der Waals surface area contributed by atoms with Gasteiger partial charge in [-0.3, -0.25) is 4.79 Å². The summed E-state index contributed by atoms with van der Waals surface area (Å²) in [6, 6.07) is 15.1. The first kappa shape index (κ1) is 19.5. The lowest BCUT2D eigenvalue weighted by molar-refractivity contribution is -0.120. The van der Waals surface area contributed by atoms with E-state index in [2.05, 4.69) is 26.1 Å². The zero-order valence-electron chi connectivity index (χ0n) is 15.5. The minimum absolute atomic E-state index is 0.0826. The summed E-state index contributed by atoms with van der Waals surface area (Å²) in [5.74, 6) is -0.404. The third-order valence-electron chi connectivity index (χ3n) is 4.57. The van der Waals surface area contributed by atoms with E-state index in [9.17, 15) is 13.2 Å². The highest BCUT2D eigenvalue weighted by atomic mass is 32.2. The molecule has 0 aliphatic carbocycles. The number of rotatable bonds is 4. The van der Waals surface area contributed by atoms with Gasteiger partial charge in [-0.2, -0.15) is 0 Å². The molecule has 0 saturated carbocycles. The molecule has 27 heavy (non-hydrogen) atoms. The molecule has 0 aromatic heterocycles. The highest BCUT2D eigenvalue weighted by molar-refractivity contribution is 7.91. The lowest BCUT2D eigenvalue weighted by Crippen LogP contribution is -2.41. The zero-order valence-corrected chi connectivity index (χ0v) is 17.1. The van der Waals surface area contributed by atoms with Crippen molar-refractivity contribution in [3.63, 3.8) is 0 Å². The Balaban J connectivity index is 1.95. The Hall–Kier alpha value is -2.25. The summed E-state index contributed by atoms with van der Waals surface area (Å²) >= 11 is 5.16. The largest absolute Gasteiger partial charge is 0.300 e. The molecule has 5 nitrogen and oxygen atoms in total. The fourth-order valence-corrected chi connectivity index (χ4v) is 5.02. The highest BCUT2D eigenvalue weighted by Gasteiger charge is 2.43. The van der Waals surface area contributed by atoms with E-state index in [0.29, 0.717) is 0 Å². The van der Waals surface area contributed by atoms with E-state index in [1.165, 1.54) is 0 Å². The average Bonchev–Trinajstić information content (AvgIpc) is 2.89. The molecule has 1 aliphatic rings. The molecule has 1 saturated heterocycles. The molecule has 1 atom stereocenters. The van der Waals surface area contributed by atoms with Gasteiger partial charge in [0.2, 0.25) is 0 Å². The quantitative estimate of drug-likeness (QED) is 0.799. The maximum absolute atomic E-state index is 13.2. The molecule has 0 spiro atoms. The van der Waals surface area contributed by atoms with Crippen LogP contribution in [0.25, 0.3) is 0 Å². The molecule has 1 aliphatic heterocycles. The Morgan fingerprint density at radius 3 is 2.19 bits per heavy atom. The van der Waals surface area contributed by atoms with Gasteiger partial charge in [-0.25, -0.2) is 12.7 Å². The van der Waals surface area contributed by atoms with Crippen LogP contribution in [0.1, 0.15) is 31.9 Å². The minimum Gasteiger partial charge on any atom is -0.300 e. The lowest BCUT2D eigenvalue weighted by Gasteiger charge is -2.24. The number of carbonyl (C=O) groups excluding carboxylic acids is 1. The van der Waals surface area contributed by atoms with Crippen LogP contribution >= 0.6 is 12.2 Å². The van der Waals surface area contributed by atoms with E-state index < -0.39 is 22.0 Å². The summed E-state index contributed by atoms with van der Waals surface area (Å²) in [6.45, 7) is 6.18. The van der Waals surface area contributed by atoms with Gasteiger partial charge in [0.1, 0.15) is 6.04 Å². The van der Waals surface area contributed by atoms with Crippen LogP contribution in [0, 0.1) is 0 Å². The minimum atomic E-state index is -3.94. The van der Waals surface area contributed by atoms with E-state index in [4.69, 9.17) is 12.2 Å². The van der Waals surface area contributed by atoms with Crippen LogP contribution < -0.4 is 5.32 Å². The van der Waals surface area contributed by atoms with E-state index in [-0.39, 0.29) is 21.8 Å². The Labute approximate surface area is 165 Å². The average molecular weight is 403 g/mol. The number of sulfonamides is 1. The second-order valence-corrected chi connectivity index (χ2v) is 9.78. The molecule has 7 heteroatoms. The normalized spacial score (nSPS) is 17.9. The van der Waals surface area contributed by atoms with Crippen molar-refractivity contribution in [3.8, 4) is 0 Å². The predicted molar refractivity (Wildman–Crippen MR) is 109 cm³/mol. The molecule has 142 valence electrons. The molecule has 2 aromatic rings. The standard InChI is InChI=1S/C20H22N2O3S2/c1-20(2,3)15-9-11-16(12-10-15)27(24,25)22-17(18(23)21-19(22)26)13-14-7-5-4-6-8-14/h4-12,17H,13H2,1-3H3,(H,21,23,26)/t17-/m1/s1. The number of hydrogen-bond acceptors (Lipinski definition) is 4. The van der Waals surface area contributed by atoms with Gasteiger partial charge in [0.05, 0.1) is 4.90 Å². The topological polar surface area (TPSA) is 66.5 Å². The van der Waals surface area contributed by atoms with E-state index in [1.54, 1.807) is 24.3 Å². The van der Waals surface area contributed by atoms with Crippen molar-refractivity contribution in [2.45, 2.75) is 43.5 Å². The molecule has 2 aromatic carbocycles. The van der Waals surface area contributed by atoms with Gasteiger partial charge >= 0.3 is 0 Å². The van der Waals surface area contributed by atoms with E-state index in [0.717, 1.165) is 15.4 Å². The summed E-state index contributed by atoms with van der Waals surface area (Å²) < 4.78 is 27.4. The van der Waals surface area contributed by atoms with Crippen molar-refractivity contribution in [3.05, 3.63) is 65.7 Å². The van der Waals surface area contributed by atoms with Crippen LogP contribution in [0.3, 0.4) is 0 Å². The molecule has 3 rings (SSSR count). The van der Waals surface area contributed by atoms with Gasteiger partial charge in [-0.05, 0) is 40.9 Å². The first-order valence-corrected chi connectivity index (χ1v) is 10.5. The fraction of sp³-hybridized carbons (Fsp3) is 0.300. The Morgan fingerprint density at radius 1 is 1.04 bits per heavy atom. The van der Waals surface area contributed by atoms with Gasteiger partial charge in [0, 0.05) is 6.42 Å². The number of nitrogens with one attached hydrogen (secondary N) is 1. The SMILES string of the molecule is CC(C)(C)c1ccc(S(=O)(=O)N2C(=S)NC(=O)[C@H]2Cc2ccccc2)cc1. The first-order valence-electron chi connectivity index (χ1n) is 8.64. The van der Waals surface area contributed by atoms with Crippen LogP contribution in [0.15, 0.2) is 59.5 Å². The smallest absolute Gasteiger partial charge is 0.266 e. The van der Waals surface area contributed by atoms with Crippen molar-refractivity contribution >= 4 is 33.3 Å². The zero-order chi connectivity index (χ0) is 19.8. The molecule has 0 unspecified atom stereocenters. The third-order valence-corrected chi connectivity index (χ3v) is 6.80. The Kier molecular flexibility index (Phi) is 5.10. The second-order valence-electron chi connectivity index (χ2n) is 7.58. The Morgan fingerprint density at radius 2 is 1.63 bits per heavy atom. The fourth-order valence-electron chi connectivity index (χ4n) is 3.02. The summed E-state index contributed by atoms with van der Waals surface area (Å²) in [7, 11) is -3.94. The molecular weight excluding hydrogens is 380 g/mol. The van der Waals surface area contributed by atoms with Crippen molar-refractivity contribution in [1.82, 2.24) is 9.62 Å². The molecule has 1 heterocycles. The van der Waals surface area contributed by atoms with Gasteiger partial charge in [0.25, 0.3) is 15.9 Å². The highest BCUT2D eigenvalue weighted by Crippen LogP contribution is 2.27. The lowest BCUT2D eigenvalue weighted by atomic mass is 9.87. The van der Waals surface area contributed by atoms with Gasteiger partial charge < -0.3 is 5.32 Å². The van der Waals surface area contributed by atoms with E-state index >= 15 is 0 Å².